The number of fused-ring (bicyclic) bond motifs is 1. The van der Waals surface area contributed by atoms with Crippen molar-refractivity contribution in [3.8, 4) is 28.3 Å². The van der Waals surface area contributed by atoms with E-state index in [2.05, 4.69) is 30.3 Å². The standard InChI is InChI=1S/C28H23ClN2O3S.C2H6/c1-16-10-21(13-22(29)11-16)24-15-25(20-5-4-19-14-23(34-3)7-6-18(19)12-20)31(30-24)17(2)26-8-9-27(35-26)28(32)33;1-2/h4-15,17H,1-3H3,(H,32,33);1-2H3. The van der Waals surface area contributed by atoms with Gasteiger partial charge in [-0.1, -0.05) is 43.6 Å². The average Bonchev–Trinajstić information content (AvgIpc) is 3.57. The summed E-state index contributed by atoms with van der Waals surface area (Å²) in [4.78, 5) is 12.7. The van der Waals surface area contributed by atoms with Crippen molar-refractivity contribution >= 4 is 39.7 Å². The number of carbonyl (C=O) groups is 1. The Hall–Kier alpha value is -3.61. The summed E-state index contributed by atoms with van der Waals surface area (Å²) in [6.45, 7) is 8.04. The lowest BCUT2D eigenvalue weighted by Gasteiger charge is -2.15. The van der Waals surface area contributed by atoms with Gasteiger partial charge in [0.2, 0.25) is 0 Å². The van der Waals surface area contributed by atoms with E-state index >= 15 is 0 Å². The average molecular weight is 533 g/mol. The zero-order valence-corrected chi connectivity index (χ0v) is 23.0. The highest BCUT2D eigenvalue weighted by Crippen LogP contribution is 2.35. The SMILES string of the molecule is CC.COc1ccc2cc(-c3cc(-c4cc(C)cc(Cl)c4)nn3C(C)c3ccc(C(=O)O)s3)ccc2c1. The Morgan fingerprint density at radius 2 is 1.70 bits per heavy atom. The van der Waals surface area contributed by atoms with Crippen LogP contribution in [0.25, 0.3) is 33.3 Å². The van der Waals surface area contributed by atoms with Crippen LogP contribution in [0.2, 0.25) is 5.02 Å². The monoisotopic (exact) mass is 532 g/mol. The van der Waals surface area contributed by atoms with Crippen molar-refractivity contribution in [2.75, 3.05) is 7.11 Å². The molecule has 0 radical (unpaired) electrons. The molecule has 5 nitrogen and oxygen atoms in total. The van der Waals surface area contributed by atoms with Gasteiger partial charge in [0, 0.05) is 21.0 Å². The normalized spacial score (nSPS) is 11.6. The van der Waals surface area contributed by atoms with Crippen molar-refractivity contribution in [2.45, 2.75) is 33.7 Å². The Bertz CT molecular complexity index is 1550. The summed E-state index contributed by atoms with van der Waals surface area (Å²) in [6.07, 6.45) is 0. The van der Waals surface area contributed by atoms with Gasteiger partial charge in [0.1, 0.15) is 10.6 Å². The largest absolute Gasteiger partial charge is 0.497 e. The fourth-order valence-electron chi connectivity index (χ4n) is 4.25. The molecule has 0 aliphatic rings. The van der Waals surface area contributed by atoms with Gasteiger partial charge in [-0.3, -0.25) is 4.68 Å². The number of rotatable bonds is 6. The molecule has 0 amide bonds. The summed E-state index contributed by atoms with van der Waals surface area (Å²) >= 11 is 7.61. The molecule has 0 bridgehead atoms. The van der Waals surface area contributed by atoms with Crippen LogP contribution in [0.15, 0.2) is 72.8 Å². The second-order valence-corrected chi connectivity index (χ2v) is 10.0. The van der Waals surface area contributed by atoms with E-state index in [9.17, 15) is 9.90 Å². The van der Waals surface area contributed by atoms with E-state index in [4.69, 9.17) is 21.4 Å². The molecule has 1 unspecified atom stereocenters. The van der Waals surface area contributed by atoms with Gasteiger partial charge >= 0.3 is 5.97 Å². The van der Waals surface area contributed by atoms with Crippen molar-refractivity contribution in [1.82, 2.24) is 9.78 Å². The van der Waals surface area contributed by atoms with Crippen molar-refractivity contribution in [3.63, 3.8) is 0 Å². The van der Waals surface area contributed by atoms with Crippen LogP contribution in [-0.4, -0.2) is 28.0 Å². The Kier molecular flexibility index (Phi) is 8.00. The topological polar surface area (TPSA) is 64.4 Å². The van der Waals surface area contributed by atoms with Gasteiger partial charge in [0.05, 0.1) is 24.5 Å². The van der Waals surface area contributed by atoms with Crippen LogP contribution in [0, 0.1) is 6.92 Å². The minimum Gasteiger partial charge on any atom is -0.497 e. The Morgan fingerprint density at radius 3 is 2.38 bits per heavy atom. The lowest BCUT2D eigenvalue weighted by Crippen LogP contribution is -2.09. The number of benzene rings is 3. The molecular weight excluding hydrogens is 504 g/mol. The summed E-state index contributed by atoms with van der Waals surface area (Å²) in [5.41, 5.74) is 4.75. The number of methoxy groups -OCH3 is 1. The zero-order valence-electron chi connectivity index (χ0n) is 21.4. The summed E-state index contributed by atoms with van der Waals surface area (Å²) in [6, 6.07) is 23.6. The summed E-state index contributed by atoms with van der Waals surface area (Å²) < 4.78 is 7.33. The number of carboxylic acid groups (broad SMARTS) is 1. The first-order valence-electron chi connectivity index (χ1n) is 12.1. The third kappa shape index (κ3) is 5.55. The van der Waals surface area contributed by atoms with E-state index in [0.717, 1.165) is 49.5 Å². The van der Waals surface area contributed by atoms with Gasteiger partial charge in [-0.05, 0) is 84.8 Å². The molecule has 0 spiro atoms. The Labute approximate surface area is 225 Å². The number of halogens is 1. The highest BCUT2D eigenvalue weighted by Gasteiger charge is 2.20. The van der Waals surface area contributed by atoms with Crippen LogP contribution in [-0.2, 0) is 0 Å². The maximum atomic E-state index is 11.5. The molecule has 3 aromatic carbocycles. The number of thiophene rings is 1. The zero-order chi connectivity index (χ0) is 26.7. The highest BCUT2D eigenvalue weighted by atomic mass is 35.5. The molecule has 37 heavy (non-hydrogen) atoms. The first-order chi connectivity index (χ1) is 17.8. The maximum absolute atomic E-state index is 11.5. The molecule has 5 rings (SSSR count). The van der Waals surface area contributed by atoms with Gasteiger partial charge in [0.25, 0.3) is 0 Å². The van der Waals surface area contributed by atoms with Crippen LogP contribution in [0.4, 0.5) is 0 Å². The lowest BCUT2D eigenvalue weighted by atomic mass is 10.0. The second-order valence-electron chi connectivity index (χ2n) is 8.49. The smallest absolute Gasteiger partial charge is 0.345 e. The molecule has 2 aromatic heterocycles. The molecule has 5 aromatic rings. The lowest BCUT2D eigenvalue weighted by molar-refractivity contribution is 0.0702. The summed E-state index contributed by atoms with van der Waals surface area (Å²) in [7, 11) is 1.66. The molecule has 0 aliphatic carbocycles. The number of hydrogen-bond donors (Lipinski definition) is 1. The van der Waals surface area contributed by atoms with Crippen molar-refractivity contribution < 1.29 is 14.6 Å². The Morgan fingerprint density at radius 1 is 0.973 bits per heavy atom. The molecule has 0 saturated carbocycles. The van der Waals surface area contributed by atoms with Gasteiger partial charge in [0.15, 0.2) is 0 Å². The fraction of sp³-hybridized carbons (Fsp3) is 0.200. The van der Waals surface area contributed by atoms with Crippen LogP contribution >= 0.6 is 22.9 Å². The number of nitrogens with zero attached hydrogens (tertiary/aromatic N) is 2. The molecule has 7 heteroatoms. The predicted octanol–water partition coefficient (Wildman–Crippen LogP) is 8.74. The molecule has 2 heterocycles. The van der Waals surface area contributed by atoms with Crippen LogP contribution < -0.4 is 4.74 Å². The summed E-state index contributed by atoms with van der Waals surface area (Å²) in [5, 5.41) is 17.2. The van der Waals surface area contributed by atoms with E-state index in [1.807, 2.05) is 68.8 Å². The minimum absolute atomic E-state index is 0.163. The first kappa shape index (κ1) is 26.5. The third-order valence-corrected chi connectivity index (χ3v) is 7.49. The quantitative estimate of drug-likeness (QED) is 0.237. The van der Waals surface area contributed by atoms with E-state index in [1.54, 1.807) is 13.2 Å². The number of aromatic carboxylic acids is 1. The van der Waals surface area contributed by atoms with Crippen LogP contribution in [0.1, 0.15) is 46.9 Å². The van der Waals surface area contributed by atoms with Gasteiger partial charge < -0.3 is 9.84 Å². The van der Waals surface area contributed by atoms with Crippen LogP contribution in [0.3, 0.4) is 0 Å². The number of carboxylic acids is 1. The molecule has 0 fully saturated rings. The van der Waals surface area contributed by atoms with Crippen LogP contribution in [0.5, 0.6) is 5.75 Å². The molecular formula is C30H29ClN2O3S. The first-order valence-corrected chi connectivity index (χ1v) is 13.3. The summed E-state index contributed by atoms with van der Waals surface area (Å²) in [5.74, 6) is -0.108. The van der Waals surface area contributed by atoms with E-state index in [1.165, 1.54) is 11.3 Å². The van der Waals surface area contributed by atoms with Gasteiger partial charge in [-0.2, -0.15) is 5.10 Å². The predicted molar refractivity (Wildman–Crippen MR) is 153 cm³/mol. The molecule has 0 saturated heterocycles. The van der Waals surface area contributed by atoms with Gasteiger partial charge in [-0.15, -0.1) is 11.3 Å². The molecule has 190 valence electrons. The van der Waals surface area contributed by atoms with E-state index in [0.29, 0.717) is 9.90 Å². The number of ether oxygens (including phenoxy) is 1. The fourth-order valence-corrected chi connectivity index (χ4v) is 5.43. The minimum atomic E-state index is -0.922. The van der Waals surface area contributed by atoms with Gasteiger partial charge in [-0.25, -0.2) is 4.79 Å². The number of aryl methyl sites for hydroxylation is 1. The molecule has 1 N–H and O–H groups in total. The highest BCUT2D eigenvalue weighted by molar-refractivity contribution is 7.14. The third-order valence-electron chi connectivity index (χ3n) is 6.03. The second kappa shape index (κ2) is 11.2. The van der Waals surface area contributed by atoms with Crippen molar-refractivity contribution in [2.24, 2.45) is 0 Å². The van der Waals surface area contributed by atoms with Crippen molar-refractivity contribution in [1.29, 1.82) is 0 Å². The van der Waals surface area contributed by atoms with Crippen molar-refractivity contribution in [3.05, 3.63) is 93.1 Å². The maximum Gasteiger partial charge on any atom is 0.345 e. The number of aromatic nitrogens is 2. The molecule has 0 aliphatic heterocycles. The van der Waals surface area contributed by atoms with E-state index < -0.39 is 5.97 Å². The number of hydrogen-bond acceptors (Lipinski definition) is 4. The molecule has 1 atom stereocenters. The Balaban J connectivity index is 0.00000156. The van der Waals surface area contributed by atoms with E-state index in [-0.39, 0.29) is 6.04 Å².